The van der Waals surface area contributed by atoms with Gasteiger partial charge in [-0.15, -0.1) is 0 Å². The highest BCUT2D eigenvalue weighted by Crippen LogP contribution is 2.31. The molecule has 2 aliphatic rings. The summed E-state index contributed by atoms with van der Waals surface area (Å²) in [5.74, 6) is -1.22. The van der Waals surface area contributed by atoms with Crippen LogP contribution in [-0.2, 0) is 16.4 Å². The van der Waals surface area contributed by atoms with Crippen molar-refractivity contribution in [1.82, 2.24) is 9.62 Å². The normalized spacial score (nSPS) is 20.0. The summed E-state index contributed by atoms with van der Waals surface area (Å²) in [4.78, 5) is 12.3. The standard InChI is InChI=1S/C21H23FN2O3S/c22-18-10-8-16(14-20(18)28(26,27)24-12-4-1-5-13-24)21(25)23-19-11-9-15-6-2-3-7-17(15)19/h2-3,6-8,10,14,19H,1,4-5,9,11-13H2,(H,23,25). The van der Waals surface area contributed by atoms with Crippen LogP contribution in [0.4, 0.5) is 4.39 Å². The number of nitrogens with one attached hydrogen (secondary N) is 1. The highest BCUT2D eigenvalue weighted by atomic mass is 32.2. The number of piperidine rings is 1. The molecule has 28 heavy (non-hydrogen) atoms. The molecule has 4 rings (SSSR count). The van der Waals surface area contributed by atoms with Gasteiger partial charge in [0.05, 0.1) is 6.04 Å². The van der Waals surface area contributed by atoms with Crippen molar-refractivity contribution in [3.05, 3.63) is 65.0 Å². The molecule has 0 bridgehead atoms. The Kier molecular flexibility index (Phi) is 5.21. The fourth-order valence-electron chi connectivity index (χ4n) is 4.04. The van der Waals surface area contributed by atoms with Gasteiger partial charge in [0.2, 0.25) is 10.0 Å². The third-order valence-corrected chi connectivity index (χ3v) is 7.48. The predicted octanol–water partition coefficient (Wildman–Crippen LogP) is 3.42. The quantitative estimate of drug-likeness (QED) is 0.852. The SMILES string of the molecule is O=C(NC1CCc2ccccc21)c1ccc(F)c(S(=O)(=O)N2CCCCC2)c1. The van der Waals surface area contributed by atoms with Crippen molar-refractivity contribution in [2.24, 2.45) is 0 Å². The summed E-state index contributed by atoms with van der Waals surface area (Å²) >= 11 is 0. The van der Waals surface area contributed by atoms with Crippen LogP contribution >= 0.6 is 0 Å². The van der Waals surface area contributed by atoms with Crippen LogP contribution in [0.25, 0.3) is 0 Å². The number of nitrogens with zero attached hydrogens (tertiary/aromatic N) is 1. The smallest absolute Gasteiger partial charge is 0.251 e. The van der Waals surface area contributed by atoms with Gasteiger partial charge in [-0.3, -0.25) is 4.79 Å². The van der Waals surface area contributed by atoms with E-state index in [0.717, 1.165) is 49.8 Å². The molecule has 2 aromatic rings. The first-order valence-electron chi connectivity index (χ1n) is 9.65. The Morgan fingerprint density at radius 1 is 1.07 bits per heavy atom. The fourth-order valence-corrected chi connectivity index (χ4v) is 5.64. The Morgan fingerprint density at radius 3 is 2.61 bits per heavy atom. The molecule has 1 aliphatic heterocycles. The number of aryl methyl sites for hydroxylation is 1. The molecule has 1 aliphatic carbocycles. The number of hydrogen-bond acceptors (Lipinski definition) is 3. The first-order valence-corrected chi connectivity index (χ1v) is 11.1. The summed E-state index contributed by atoms with van der Waals surface area (Å²) < 4.78 is 41.3. The highest BCUT2D eigenvalue weighted by Gasteiger charge is 2.30. The largest absolute Gasteiger partial charge is 0.345 e. The summed E-state index contributed by atoms with van der Waals surface area (Å²) in [6.45, 7) is 0.772. The number of benzene rings is 2. The molecule has 1 unspecified atom stereocenters. The fraction of sp³-hybridized carbons (Fsp3) is 0.381. The van der Waals surface area contributed by atoms with Gasteiger partial charge in [-0.05, 0) is 55.0 Å². The van der Waals surface area contributed by atoms with E-state index in [1.54, 1.807) is 0 Å². The topological polar surface area (TPSA) is 66.5 Å². The Morgan fingerprint density at radius 2 is 1.82 bits per heavy atom. The van der Waals surface area contributed by atoms with Crippen molar-refractivity contribution in [3.8, 4) is 0 Å². The van der Waals surface area contributed by atoms with Crippen LogP contribution in [0.5, 0.6) is 0 Å². The molecular weight excluding hydrogens is 379 g/mol. The van der Waals surface area contributed by atoms with Crippen molar-refractivity contribution in [2.45, 2.75) is 43.0 Å². The van der Waals surface area contributed by atoms with Crippen LogP contribution in [0.1, 0.15) is 53.2 Å². The van der Waals surface area contributed by atoms with E-state index in [9.17, 15) is 17.6 Å². The lowest BCUT2D eigenvalue weighted by molar-refractivity contribution is 0.0936. The highest BCUT2D eigenvalue weighted by molar-refractivity contribution is 7.89. The minimum absolute atomic E-state index is 0.115. The second-order valence-electron chi connectivity index (χ2n) is 7.37. The van der Waals surface area contributed by atoms with Crippen molar-refractivity contribution in [1.29, 1.82) is 0 Å². The van der Waals surface area contributed by atoms with Gasteiger partial charge in [0.15, 0.2) is 0 Å². The van der Waals surface area contributed by atoms with Crippen LogP contribution in [0.2, 0.25) is 0 Å². The van der Waals surface area contributed by atoms with E-state index in [1.165, 1.54) is 15.9 Å². The second kappa shape index (κ2) is 7.64. The van der Waals surface area contributed by atoms with Gasteiger partial charge < -0.3 is 5.32 Å². The Balaban J connectivity index is 1.58. The van der Waals surface area contributed by atoms with Crippen LogP contribution in [0.15, 0.2) is 47.4 Å². The number of carbonyl (C=O) groups is 1. The molecule has 1 saturated heterocycles. The molecular formula is C21H23FN2O3S. The maximum atomic E-state index is 14.3. The van der Waals surface area contributed by atoms with Gasteiger partial charge in [-0.1, -0.05) is 30.7 Å². The molecule has 7 heteroatoms. The number of carbonyl (C=O) groups excluding carboxylic acids is 1. The molecule has 148 valence electrons. The van der Waals surface area contributed by atoms with Gasteiger partial charge in [-0.2, -0.15) is 4.31 Å². The molecule has 1 N–H and O–H groups in total. The number of rotatable bonds is 4. The van der Waals surface area contributed by atoms with E-state index in [0.29, 0.717) is 13.1 Å². The van der Waals surface area contributed by atoms with Gasteiger partial charge >= 0.3 is 0 Å². The maximum absolute atomic E-state index is 14.3. The lowest BCUT2D eigenvalue weighted by Crippen LogP contribution is -2.36. The molecule has 0 radical (unpaired) electrons. The van der Waals surface area contributed by atoms with Crippen LogP contribution in [-0.4, -0.2) is 31.7 Å². The van der Waals surface area contributed by atoms with Gasteiger partial charge in [0.25, 0.3) is 5.91 Å². The van der Waals surface area contributed by atoms with E-state index >= 15 is 0 Å². The van der Waals surface area contributed by atoms with E-state index in [4.69, 9.17) is 0 Å². The van der Waals surface area contributed by atoms with Crippen molar-refractivity contribution < 1.29 is 17.6 Å². The third-order valence-electron chi connectivity index (χ3n) is 5.56. The first kappa shape index (κ1) is 19.1. The lowest BCUT2D eigenvalue weighted by atomic mass is 10.1. The molecule has 1 atom stereocenters. The molecule has 1 heterocycles. The molecule has 2 aromatic carbocycles. The number of halogens is 1. The van der Waals surface area contributed by atoms with Crippen molar-refractivity contribution in [3.63, 3.8) is 0 Å². The average Bonchev–Trinajstić information content (AvgIpc) is 3.12. The molecule has 0 saturated carbocycles. The van der Waals surface area contributed by atoms with Crippen LogP contribution in [0, 0.1) is 5.82 Å². The number of amides is 1. The van der Waals surface area contributed by atoms with E-state index in [-0.39, 0.29) is 11.6 Å². The first-order chi connectivity index (χ1) is 13.5. The zero-order valence-corrected chi connectivity index (χ0v) is 16.3. The van der Waals surface area contributed by atoms with E-state index in [1.807, 2.05) is 24.3 Å². The zero-order chi connectivity index (χ0) is 19.7. The maximum Gasteiger partial charge on any atom is 0.251 e. The summed E-state index contributed by atoms with van der Waals surface area (Å²) in [6, 6.07) is 11.4. The Labute approximate surface area is 164 Å². The summed E-state index contributed by atoms with van der Waals surface area (Å²) in [5.41, 5.74) is 2.45. The molecule has 1 amide bonds. The van der Waals surface area contributed by atoms with Crippen LogP contribution < -0.4 is 5.32 Å². The monoisotopic (exact) mass is 402 g/mol. The summed E-state index contributed by atoms with van der Waals surface area (Å²) in [5, 5.41) is 2.96. The third kappa shape index (κ3) is 3.56. The Hall–Kier alpha value is -2.25. The molecule has 1 fully saturated rings. The summed E-state index contributed by atoms with van der Waals surface area (Å²) in [7, 11) is -3.95. The van der Waals surface area contributed by atoms with Gasteiger partial charge in [0, 0.05) is 18.7 Å². The van der Waals surface area contributed by atoms with E-state index < -0.39 is 26.6 Å². The number of hydrogen-bond donors (Lipinski definition) is 1. The Bertz CT molecular complexity index is 1000. The van der Waals surface area contributed by atoms with Crippen molar-refractivity contribution >= 4 is 15.9 Å². The summed E-state index contributed by atoms with van der Waals surface area (Å²) in [6.07, 6.45) is 4.19. The van der Waals surface area contributed by atoms with Crippen LogP contribution in [0.3, 0.4) is 0 Å². The van der Waals surface area contributed by atoms with Crippen molar-refractivity contribution in [2.75, 3.05) is 13.1 Å². The van der Waals surface area contributed by atoms with Gasteiger partial charge in [-0.25, -0.2) is 12.8 Å². The lowest BCUT2D eigenvalue weighted by Gasteiger charge is -2.26. The number of fused-ring (bicyclic) bond motifs is 1. The zero-order valence-electron chi connectivity index (χ0n) is 15.5. The molecule has 5 nitrogen and oxygen atoms in total. The average molecular weight is 402 g/mol. The minimum Gasteiger partial charge on any atom is -0.345 e. The predicted molar refractivity (Wildman–Crippen MR) is 104 cm³/mol. The molecule has 0 aromatic heterocycles. The second-order valence-corrected chi connectivity index (χ2v) is 9.28. The number of sulfonamides is 1. The molecule has 0 spiro atoms. The van der Waals surface area contributed by atoms with Gasteiger partial charge in [0.1, 0.15) is 10.7 Å². The minimum atomic E-state index is -3.95. The van der Waals surface area contributed by atoms with E-state index in [2.05, 4.69) is 5.32 Å².